The van der Waals surface area contributed by atoms with Gasteiger partial charge in [0, 0.05) is 26.0 Å². The summed E-state index contributed by atoms with van der Waals surface area (Å²) in [5, 5.41) is 10.2. The van der Waals surface area contributed by atoms with Crippen LogP contribution >= 0.6 is 47.8 Å². The predicted octanol–water partition coefficient (Wildman–Crippen LogP) is 4.78. The average molecular weight is 454 g/mol. The number of pyridine rings is 1. The van der Waals surface area contributed by atoms with E-state index in [1.807, 2.05) is 0 Å². The summed E-state index contributed by atoms with van der Waals surface area (Å²) >= 11 is 9.92. The highest BCUT2D eigenvalue weighted by atomic mass is 79.9. The van der Waals surface area contributed by atoms with E-state index in [1.165, 1.54) is 6.07 Å². The third kappa shape index (κ3) is 3.84. The molecular formula is C13H9Br3FNO. The van der Waals surface area contributed by atoms with Crippen LogP contribution in [0.25, 0.3) is 0 Å². The van der Waals surface area contributed by atoms with Crippen molar-refractivity contribution in [1.29, 1.82) is 0 Å². The van der Waals surface area contributed by atoms with Gasteiger partial charge in [-0.25, -0.2) is 4.39 Å². The fourth-order valence-electron chi connectivity index (χ4n) is 1.68. The molecule has 0 fully saturated rings. The molecule has 6 heteroatoms. The zero-order valence-electron chi connectivity index (χ0n) is 9.58. The number of hydrogen-bond acceptors (Lipinski definition) is 2. The van der Waals surface area contributed by atoms with Gasteiger partial charge in [-0.2, -0.15) is 0 Å². The number of hydrogen-bond donors (Lipinski definition) is 1. The first kappa shape index (κ1) is 15.1. The van der Waals surface area contributed by atoms with E-state index < -0.39 is 6.10 Å². The smallest absolute Gasteiger partial charge is 0.126 e. The Morgan fingerprint density at radius 2 is 1.89 bits per heavy atom. The van der Waals surface area contributed by atoms with Crippen molar-refractivity contribution < 1.29 is 9.50 Å². The first-order valence-corrected chi connectivity index (χ1v) is 7.78. The number of halogens is 4. The number of aliphatic hydroxyl groups is 1. The van der Waals surface area contributed by atoms with Gasteiger partial charge in [0.2, 0.25) is 0 Å². The lowest BCUT2D eigenvalue weighted by molar-refractivity contribution is 0.171. The van der Waals surface area contributed by atoms with Crippen LogP contribution in [0.15, 0.2) is 43.9 Å². The molecule has 1 heterocycles. The van der Waals surface area contributed by atoms with Crippen LogP contribution in [-0.2, 0) is 6.42 Å². The van der Waals surface area contributed by atoms with Crippen LogP contribution in [-0.4, -0.2) is 10.1 Å². The summed E-state index contributed by atoms with van der Waals surface area (Å²) in [5.74, 6) is -0.338. The molecule has 1 aromatic heterocycles. The minimum absolute atomic E-state index is 0.165. The molecule has 0 saturated carbocycles. The molecule has 2 nitrogen and oxygen atoms in total. The van der Waals surface area contributed by atoms with Crippen molar-refractivity contribution in [1.82, 2.24) is 4.98 Å². The first-order valence-electron chi connectivity index (χ1n) is 5.40. The molecule has 0 spiro atoms. The SMILES string of the molecule is OC(Cc1cc(Br)ccc1F)c1ncc(Br)cc1Br. The van der Waals surface area contributed by atoms with Crippen molar-refractivity contribution in [2.75, 3.05) is 0 Å². The third-order valence-electron chi connectivity index (χ3n) is 2.57. The van der Waals surface area contributed by atoms with E-state index in [9.17, 15) is 9.50 Å². The molecule has 19 heavy (non-hydrogen) atoms. The molecule has 0 bridgehead atoms. The lowest BCUT2D eigenvalue weighted by Gasteiger charge is -2.13. The molecule has 0 amide bonds. The van der Waals surface area contributed by atoms with Gasteiger partial charge in [-0.3, -0.25) is 4.98 Å². The first-order chi connectivity index (χ1) is 8.97. The van der Waals surface area contributed by atoms with Crippen molar-refractivity contribution in [2.45, 2.75) is 12.5 Å². The number of rotatable bonds is 3. The van der Waals surface area contributed by atoms with E-state index in [4.69, 9.17) is 0 Å². The quantitative estimate of drug-likeness (QED) is 0.725. The summed E-state index contributed by atoms with van der Waals surface area (Å²) in [4.78, 5) is 4.15. The Bertz CT molecular complexity index is 606. The van der Waals surface area contributed by atoms with Crippen molar-refractivity contribution >= 4 is 47.8 Å². The standard InChI is InChI=1S/C13H9Br3FNO/c14-8-1-2-11(17)7(3-8)4-12(19)13-10(16)5-9(15)6-18-13/h1-3,5-6,12,19H,4H2. The van der Waals surface area contributed by atoms with Gasteiger partial charge in [0.15, 0.2) is 0 Å². The van der Waals surface area contributed by atoms with E-state index in [1.54, 1.807) is 24.4 Å². The van der Waals surface area contributed by atoms with Crippen molar-refractivity contribution in [2.24, 2.45) is 0 Å². The van der Waals surface area contributed by atoms with Gasteiger partial charge >= 0.3 is 0 Å². The molecule has 2 aromatic rings. The Kier molecular flexibility index (Phi) is 5.11. The second-order valence-corrected chi connectivity index (χ2v) is 6.66. The highest BCUT2D eigenvalue weighted by molar-refractivity contribution is 9.11. The van der Waals surface area contributed by atoms with Crippen LogP contribution in [0.4, 0.5) is 4.39 Å². The molecule has 0 aliphatic heterocycles. The number of benzene rings is 1. The fourth-order valence-corrected chi connectivity index (χ4v) is 3.34. The Morgan fingerprint density at radius 3 is 2.58 bits per heavy atom. The van der Waals surface area contributed by atoms with Gasteiger partial charge in [0.25, 0.3) is 0 Å². The number of aliphatic hydroxyl groups excluding tert-OH is 1. The summed E-state index contributed by atoms with van der Waals surface area (Å²) in [5.41, 5.74) is 0.932. The lowest BCUT2D eigenvalue weighted by atomic mass is 10.0. The molecule has 100 valence electrons. The summed E-state index contributed by atoms with van der Waals surface area (Å²) in [6, 6.07) is 6.45. The highest BCUT2D eigenvalue weighted by Gasteiger charge is 2.16. The van der Waals surface area contributed by atoms with E-state index in [-0.39, 0.29) is 12.2 Å². The molecule has 1 aromatic carbocycles. The van der Waals surface area contributed by atoms with Gasteiger partial charge in [-0.15, -0.1) is 0 Å². The molecule has 1 N–H and O–H groups in total. The van der Waals surface area contributed by atoms with E-state index in [2.05, 4.69) is 52.8 Å². The van der Waals surface area contributed by atoms with Crippen molar-refractivity contribution in [3.05, 3.63) is 61.0 Å². The Labute approximate surface area is 135 Å². The van der Waals surface area contributed by atoms with Gasteiger partial charge in [-0.1, -0.05) is 15.9 Å². The molecule has 0 saturated heterocycles. The topological polar surface area (TPSA) is 33.1 Å². The molecule has 0 aliphatic rings. The molecule has 0 aliphatic carbocycles. The summed E-state index contributed by atoms with van der Waals surface area (Å²) in [6.07, 6.45) is 0.894. The second kappa shape index (κ2) is 6.43. The normalized spacial score (nSPS) is 12.5. The van der Waals surface area contributed by atoms with E-state index >= 15 is 0 Å². The molecule has 2 rings (SSSR count). The van der Waals surface area contributed by atoms with Gasteiger partial charge in [-0.05, 0) is 61.7 Å². The van der Waals surface area contributed by atoms with Crippen LogP contribution in [0.5, 0.6) is 0 Å². The van der Waals surface area contributed by atoms with Crippen LogP contribution in [0, 0.1) is 5.82 Å². The number of aromatic nitrogens is 1. The third-order valence-corrected chi connectivity index (χ3v) is 4.14. The van der Waals surface area contributed by atoms with Crippen LogP contribution in [0.1, 0.15) is 17.4 Å². The largest absolute Gasteiger partial charge is 0.386 e. The maximum Gasteiger partial charge on any atom is 0.126 e. The monoisotopic (exact) mass is 451 g/mol. The second-order valence-electron chi connectivity index (χ2n) is 3.98. The maximum atomic E-state index is 13.6. The van der Waals surface area contributed by atoms with E-state index in [0.29, 0.717) is 15.7 Å². The minimum atomic E-state index is -0.869. The average Bonchev–Trinajstić information content (AvgIpc) is 2.33. The summed E-state index contributed by atoms with van der Waals surface area (Å²) in [6.45, 7) is 0. The Hall–Kier alpha value is -0.300. The van der Waals surface area contributed by atoms with Gasteiger partial charge < -0.3 is 5.11 Å². The zero-order valence-corrected chi connectivity index (χ0v) is 14.3. The minimum Gasteiger partial charge on any atom is -0.386 e. The Balaban J connectivity index is 2.25. The lowest BCUT2D eigenvalue weighted by Crippen LogP contribution is -2.06. The predicted molar refractivity (Wildman–Crippen MR) is 82.4 cm³/mol. The highest BCUT2D eigenvalue weighted by Crippen LogP contribution is 2.28. The zero-order chi connectivity index (χ0) is 14.0. The Morgan fingerprint density at radius 1 is 1.16 bits per heavy atom. The molecule has 0 radical (unpaired) electrons. The molecule has 1 unspecified atom stereocenters. The summed E-state index contributed by atoms with van der Waals surface area (Å²) in [7, 11) is 0. The number of nitrogens with zero attached hydrogens (tertiary/aromatic N) is 1. The van der Waals surface area contributed by atoms with Gasteiger partial charge in [0.05, 0.1) is 5.69 Å². The van der Waals surface area contributed by atoms with Crippen molar-refractivity contribution in [3.8, 4) is 0 Å². The fraction of sp³-hybridized carbons (Fsp3) is 0.154. The molecular weight excluding hydrogens is 445 g/mol. The van der Waals surface area contributed by atoms with Crippen LogP contribution in [0.3, 0.4) is 0 Å². The maximum absolute atomic E-state index is 13.6. The van der Waals surface area contributed by atoms with Crippen LogP contribution < -0.4 is 0 Å². The van der Waals surface area contributed by atoms with Crippen LogP contribution in [0.2, 0.25) is 0 Å². The van der Waals surface area contributed by atoms with E-state index in [0.717, 1.165) is 8.95 Å². The molecule has 1 atom stereocenters. The summed E-state index contributed by atoms with van der Waals surface area (Å²) < 4.78 is 15.9. The van der Waals surface area contributed by atoms with Crippen molar-refractivity contribution in [3.63, 3.8) is 0 Å². The van der Waals surface area contributed by atoms with Gasteiger partial charge in [0.1, 0.15) is 11.9 Å².